The van der Waals surface area contributed by atoms with Crippen LogP contribution >= 0.6 is 0 Å². The van der Waals surface area contributed by atoms with E-state index in [1.807, 2.05) is 31.2 Å². The minimum absolute atomic E-state index is 0.246. The molecule has 0 aromatic heterocycles. The van der Waals surface area contributed by atoms with Crippen LogP contribution in [0, 0.1) is 0 Å². The number of carbonyl (C=O) groups excluding carboxylic acids is 1. The van der Waals surface area contributed by atoms with E-state index >= 15 is 0 Å². The first-order valence-corrected chi connectivity index (χ1v) is 7.08. The van der Waals surface area contributed by atoms with Gasteiger partial charge in [0, 0.05) is 6.42 Å². The second-order valence-corrected chi connectivity index (χ2v) is 5.28. The largest absolute Gasteiger partial charge is 0.497 e. The number of hydrogen-bond donors (Lipinski definition) is 2. The minimum Gasteiger partial charge on any atom is -0.497 e. The van der Waals surface area contributed by atoms with Gasteiger partial charge in [-0.25, -0.2) is 4.79 Å². The third-order valence-corrected chi connectivity index (χ3v) is 3.44. The quantitative estimate of drug-likeness (QED) is 0.771. The van der Waals surface area contributed by atoms with Gasteiger partial charge in [0.25, 0.3) is 0 Å². The van der Waals surface area contributed by atoms with Crippen LogP contribution in [0.2, 0.25) is 0 Å². The standard InChI is InChI=1S/C16H23NO4/c1-4-11-16(2,15(19)20)17-14(18)10-7-12-5-8-13(21-3)9-6-12/h5-6,8-9H,4,7,10-11H2,1-3H3,(H,17,18)(H,19,20). The molecule has 5 heteroatoms. The van der Waals surface area contributed by atoms with Crippen molar-refractivity contribution in [3.63, 3.8) is 0 Å². The molecule has 0 bridgehead atoms. The van der Waals surface area contributed by atoms with Gasteiger partial charge in [-0.15, -0.1) is 0 Å². The van der Waals surface area contributed by atoms with E-state index in [1.165, 1.54) is 0 Å². The van der Waals surface area contributed by atoms with Crippen molar-refractivity contribution in [1.82, 2.24) is 5.32 Å². The molecule has 2 N–H and O–H groups in total. The van der Waals surface area contributed by atoms with Crippen LogP contribution in [-0.2, 0) is 16.0 Å². The van der Waals surface area contributed by atoms with Crippen LogP contribution in [0.1, 0.15) is 38.7 Å². The Morgan fingerprint density at radius 1 is 1.29 bits per heavy atom. The van der Waals surface area contributed by atoms with Crippen molar-refractivity contribution in [1.29, 1.82) is 0 Å². The number of aliphatic carboxylic acids is 1. The number of nitrogens with one attached hydrogen (secondary N) is 1. The Hall–Kier alpha value is -2.04. The van der Waals surface area contributed by atoms with Crippen LogP contribution in [0.25, 0.3) is 0 Å². The molecule has 0 heterocycles. The maximum Gasteiger partial charge on any atom is 0.329 e. The van der Waals surface area contributed by atoms with Crippen LogP contribution in [0.15, 0.2) is 24.3 Å². The summed E-state index contributed by atoms with van der Waals surface area (Å²) >= 11 is 0. The molecule has 0 radical (unpaired) electrons. The molecular formula is C16H23NO4. The smallest absolute Gasteiger partial charge is 0.329 e. The zero-order chi connectivity index (χ0) is 15.9. The fourth-order valence-electron chi connectivity index (χ4n) is 2.14. The first-order valence-electron chi connectivity index (χ1n) is 7.08. The maximum absolute atomic E-state index is 11.9. The van der Waals surface area contributed by atoms with Crippen molar-refractivity contribution >= 4 is 11.9 Å². The van der Waals surface area contributed by atoms with Crippen LogP contribution in [0.3, 0.4) is 0 Å². The van der Waals surface area contributed by atoms with Gasteiger partial charge >= 0.3 is 5.97 Å². The van der Waals surface area contributed by atoms with Crippen LogP contribution < -0.4 is 10.1 Å². The van der Waals surface area contributed by atoms with Gasteiger partial charge in [0.1, 0.15) is 11.3 Å². The van der Waals surface area contributed by atoms with E-state index in [-0.39, 0.29) is 12.3 Å². The lowest BCUT2D eigenvalue weighted by Gasteiger charge is -2.25. The number of hydrogen-bond acceptors (Lipinski definition) is 3. The summed E-state index contributed by atoms with van der Waals surface area (Å²) in [5.41, 5.74) is -0.176. The van der Waals surface area contributed by atoms with Gasteiger partial charge < -0.3 is 15.2 Å². The molecule has 21 heavy (non-hydrogen) atoms. The Morgan fingerprint density at radius 2 is 1.90 bits per heavy atom. The van der Waals surface area contributed by atoms with Gasteiger partial charge in [0.2, 0.25) is 5.91 Å². The average molecular weight is 293 g/mol. The predicted molar refractivity (Wildman–Crippen MR) is 80.4 cm³/mol. The molecule has 0 saturated heterocycles. The third kappa shape index (κ3) is 5.10. The van der Waals surface area contributed by atoms with Crippen LogP contribution in [-0.4, -0.2) is 29.6 Å². The second-order valence-electron chi connectivity index (χ2n) is 5.28. The number of methoxy groups -OCH3 is 1. The maximum atomic E-state index is 11.9. The van der Waals surface area contributed by atoms with Crippen molar-refractivity contribution in [3.05, 3.63) is 29.8 Å². The first-order chi connectivity index (χ1) is 9.91. The Balaban J connectivity index is 2.54. The molecule has 1 aromatic carbocycles. The highest BCUT2D eigenvalue weighted by Gasteiger charge is 2.33. The molecule has 116 valence electrons. The van der Waals surface area contributed by atoms with E-state index in [0.717, 1.165) is 11.3 Å². The monoisotopic (exact) mass is 293 g/mol. The molecule has 1 aromatic rings. The lowest BCUT2D eigenvalue weighted by atomic mass is 9.96. The van der Waals surface area contributed by atoms with Gasteiger partial charge in [-0.3, -0.25) is 4.79 Å². The Kier molecular flexibility index (Phi) is 6.21. The van der Waals surface area contributed by atoms with Crippen molar-refractivity contribution in [2.24, 2.45) is 0 Å². The van der Waals surface area contributed by atoms with Crippen molar-refractivity contribution in [2.45, 2.75) is 45.1 Å². The Bertz CT molecular complexity index is 484. The molecule has 0 aliphatic heterocycles. The average Bonchev–Trinajstić information content (AvgIpc) is 2.45. The molecule has 0 aliphatic carbocycles. The van der Waals surface area contributed by atoms with Crippen molar-refractivity contribution < 1.29 is 19.4 Å². The molecule has 0 aliphatic rings. The van der Waals surface area contributed by atoms with E-state index in [0.29, 0.717) is 19.3 Å². The molecule has 5 nitrogen and oxygen atoms in total. The van der Waals surface area contributed by atoms with Crippen molar-refractivity contribution in [2.75, 3.05) is 7.11 Å². The fourth-order valence-corrected chi connectivity index (χ4v) is 2.14. The predicted octanol–water partition coefficient (Wildman–Crippen LogP) is 2.39. The Morgan fingerprint density at radius 3 is 2.38 bits per heavy atom. The minimum atomic E-state index is -1.19. The highest BCUT2D eigenvalue weighted by molar-refractivity contribution is 5.86. The number of rotatable bonds is 8. The normalized spacial score (nSPS) is 13.3. The fraction of sp³-hybridized carbons (Fsp3) is 0.500. The number of aryl methyl sites for hydroxylation is 1. The zero-order valence-electron chi connectivity index (χ0n) is 12.8. The highest BCUT2D eigenvalue weighted by atomic mass is 16.5. The zero-order valence-corrected chi connectivity index (χ0v) is 12.8. The summed E-state index contributed by atoms with van der Waals surface area (Å²) in [6.45, 7) is 3.44. The lowest BCUT2D eigenvalue weighted by Crippen LogP contribution is -2.52. The van der Waals surface area contributed by atoms with E-state index in [9.17, 15) is 14.7 Å². The third-order valence-electron chi connectivity index (χ3n) is 3.44. The van der Waals surface area contributed by atoms with E-state index in [1.54, 1.807) is 14.0 Å². The van der Waals surface area contributed by atoms with Gasteiger partial charge in [-0.2, -0.15) is 0 Å². The summed E-state index contributed by atoms with van der Waals surface area (Å²) in [7, 11) is 1.60. The van der Waals surface area contributed by atoms with Gasteiger partial charge in [0.05, 0.1) is 7.11 Å². The van der Waals surface area contributed by atoms with Crippen LogP contribution in [0.5, 0.6) is 5.75 Å². The number of carboxylic acids is 1. The molecule has 1 unspecified atom stereocenters. The number of carboxylic acid groups (broad SMARTS) is 1. The summed E-state index contributed by atoms with van der Waals surface area (Å²) in [5.74, 6) is -0.476. The summed E-state index contributed by atoms with van der Waals surface area (Å²) < 4.78 is 5.07. The first kappa shape index (κ1) is 17.0. The molecule has 1 rings (SSSR count). The molecular weight excluding hydrogens is 270 g/mol. The number of amides is 1. The molecule has 1 atom stereocenters. The molecule has 0 spiro atoms. The van der Waals surface area contributed by atoms with Gasteiger partial charge in [0.15, 0.2) is 0 Å². The van der Waals surface area contributed by atoms with Gasteiger partial charge in [-0.05, 0) is 37.5 Å². The number of ether oxygens (including phenoxy) is 1. The van der Waals surface area contributed by atoms with Crippen LogP contribution in [0.4, 0.5) is 0 Å². The second kappa shape index (κ2) is 7.67. The topological polar surface area (TPSA) is 75.6 Å². The summed E-state index contributed by atoms with van der Waals surface area (Å²) in [4.78, 5) is 23.2. The summed E-state index contributed by atoms with van der Waals surface area (Å²) in [5, 5.41) is 11.9. The lowest BCUT2D eigenvalue weighted by molar-refractivity contribution is -0.147. The van der Waals surface area contributed by atoms with E-state index in [2.05, 4.69) is 5.32 Å². The SMILES string of the molecule is CCCC(C)(NC(=O)CCc1ccc(OC)cc1)C(=O)O. The Labute approximate surface area is 125 Å². The molecule has 0 fully saturated rings. The number of benzene rings is 1. The molecule has 1 amide bonds. The summed E-state index contributed by atoms with van der Waals surface area (Å²) in [6.07, 6.45) is 1.94. The van der Waals surface area contributed by atoms with E-state index < -0.39 is 11.5 Å². The summed E-state index contributed by atoms with van der Waals surface area (Å²) in [6, 6.07) is 7.47. The van der Waals surface area contributed by atoms with E-state index in [4.69, 9.17) is 4.74 Å². The highest BCUT2D eigenvalue weighted by Crippen LogP contribution is 2.15. The van der Waals surface area contributed by atoms with Crippen molar-refractivity contribution in [3.8, 4) is 5.75 Å². The molecule has 0 saturated carbocycles. The number of carbonyl (C=O) groups is 2. The van der Waals surface area contributed by atoms with Gasteiger partial charge in [-0.1, -0.05) is 25.5 Å².